The average Bonchev–Trinajstić information content (AvgIpc) is 3.58. The van der Waals surface area contributed by atoms with Crippen LogP contribution in [0.3, 0.4) is 0 Å². The number of hydrogen-bond donors (Lipinski definition) is 0. The summed E-state index contributed by atoms with van der Waals surface area (Å²) in [6.45, 7) is 4.38. The van der Waals surface area contributed by atoms with Gasteiger partial charge in [-0.2, -0.15) is 6.20 Å². The number of nitrogens with zero attached hydrogens (tertiary/aromatic N) is 3. The van der Waals surface area contributed by atoms with Crippen LogP contribution in [0, 0.1) is 6.92 Å². The Morgan fingerprint density at radius 1 is 1.21 bits per heavy atom. The molecule has 1 amide bonds. The van der Waals surface area contributed by atoms with Crippen molar-refractivity contribution in [2.24, 2.45) is 0 Å². The van der Waals surface area contributed by atoms with Gasteiger partial charge >= 0.3 is 40.7 Å². The van der Waals surface area contributed by atoms with Crippen molar-refractivity contribution in [3.8, 4) is 5.75 Å². The van der Waals surface area contributed by atoms with Gasteiger partial charge in [-0.3, -0.25) is 9.69 Å². The summed E-state index contributed by atoms with van der Waals surface area (Å²) in [7, 11) is 4.85. The summed E-state index contributed by atoms with van der Waals surface area (Å²) in [4.78, 5) is 46.0. The van der Waals surface area contributed by atoms with E-state index in [0.717, 1.165) is 46.0 Å². The van der Waals surface area contributed by atoms with Crippen LogP contribution in [-0.2, 0) is 35.9 Å². The Morgan fingerprint density at radius 3 is 2.50 bits per heavy atom. The molecule has 3 aromatic rings. The van der Waals surface area contributed by atoms with Crippen LogP contribution in [0.1, 0.15) is 52.9 Å². The van der Waals surface area contributed by atoms with Gasteiger partial charge in [0.05, 0.1) is 25.8 Å². The monoisotopic (exact) mass is 809 g/mol. The Morgan fingerprint density at radius 2 is 1.89 bits per heavy atom. The second kappa shape index (κ2) is 13.7. The molecule has 0 saturated carbocycles. The molecule has 2 heterocycles. The Labute approximate surface area is 244 Å². The first-order chi connectivity index (χ1) is 18.3. The number of aromatic nitrogens is 1. The third-order valence-electron chi connectivity index (χ3n) is 7.12. The standard InChI is InChI=1S/C28H32N3O5.HI.Os/c1-17-14-24(35-4)23(22-12-13-29-25(17)22)15-30(3)26(19-7-9-20(10-8-19)28(34)36-5)27(33)31-18(2)6-11-21(31)16-32;;/h7-10,12-14,16,18,21,26H,6,11,15H2,1-5H3;1H;/q-1;;+1/p-1/t18-,21?,26?;;/m1../s1. The van der Waals surface area contributed by atoms with Gasteiger partial charge in [0.1, 0.15) is 18.1 Å². The van der Waals surface area contributed by atoms with E-state index in [1.54, 1.807) is 42.5 Å². The number of benzene rings is 2. The number of esters is 1. The van der Waals surface area contributed by atoms with E-state index < -0.39 is 18.1 Å². The minimum absolute atomic E-state index is 0.0437. The zero-order valence-electron chi connectivity index (χ0n) is 22.1. The van der Waals surface area contributed by atoms with Crippen molar-refractivity contribution < 1.29 is 38.9 Å². The van der Waals surface area contributed by atoms with Crippen LogP contribution >= 0.6 is 19.7 Å². The summed E-state index contributed by atoms with van der Waals surface area (Å²) in [6.07, 6.45) is 4.06. The number of ether oxygens (including phenoxy) is 2. The topological polar surface area (TPSA) is 90.2 Å². The molecule has 0 bridgehead atoms. The molecule has 0 N–H and O–H groups in total. The molecule has 0 spiro atoms. The Hall–Kier alpha value is -2.28. The number of aldehydes is 1. The van der Waals surface area contributed by atoms with E-state index in [1.807, 2.05) is 53.0 Å². The van der Waals surface area contributed by atoms with Gasteiger partial charge in [0.2, 0.25) is 5.91 Å². The predicted molar refractivity (Wildman–Crippen MR) is 150 cm³/mol. The molecule has 2 aromatic carbocycles. The van der Waals surface area contributed by atoms with Crippen LogP contribution in [0.5, 0.6) is 5.75 Å². The molecule has 10 heteroatoms. The van der Waals surface area contributed by atoms with Gasteiger partial charge in [-0.25, -0.2) is 4.79 Å². The summed E-state index contributed by atoms with van der Waals surface area (Å²) < 4.78 is 10.5. The zero-order chi connectivity index (χ0) is 28.0. The summed E-state index contributed by atoms with van der Waals surface area (Å²) in [5.41, 5.74) is 3.98. The second-order valence-corrected chi connectivity index (χ2v) is 9.39. The molecular formula is C28H32IN3O5Os-. The number of likely N-dealkylation sites (tertiary alicyclic amines) is 1. The van der Waals surface area contributed by atoms with E-state index in [2.05, 4.69) is 24.7 Å². The van der Waals surface area contributed by atoms with Gasteiger partial charge in [0, 0.05) is 18.2 Å². The number of aryl methyl sites for hydroxylation is 1. The average molecular weight is 808 g/mol. The first-order valence-corrected chi connectivity index (χ1v) is 19.4. The summed E-state index contributed by atoms with van der Waals surface area (Å²) in [5, 5.41) is 0.978. The van der Waals surface area contributed by atoms with Gasteiger partial charge in [-0.05, 0) is 62.9 Å². The quantitative estimate of drug-likeness (QED) is 0.188. The van der Waals surface area contributed by atoms with Crippen LogP contribution in [-0.4, -0.2) is 61.3 Å². The number of carbonyl (C=O) groups is 3. The molecule has 2 unspecified atom stereocenters. The Bertz CT molecular complexity index is 1280. The van der Waals surface area contributed by atoms with Crippen molar-refractivity contribution in [1.82, 2.24) is 14.8 Å². The molecule has 0 aliphatic carbocycles. The molecule has 8 nitrogen and oxygen atoms in total. The normalized spacial score (nSPS) is 17.6. The van der Waals surface area contributed by atoms with Gasteiger partial charge in [-0.1, -0.05) is 23.8 Å². The molecule has 205 valence electrons. The van der Waals surface area contributed by atoms with E-state index >= 15 is 0 Å². The van der Waals surface area contributed by atoms with E-state index in [1.165, 1.54) is 7.11 Å². The van der Waals surface area contributed by atoms with Crippen LogP contribution in [0.15, 0.2) is 42.6 Å². The number of rotatable bonds is 8. The van der Waals surface area contributed by atoms with Gasteiger partial charge < -0.3 is 24.2 Å². The summed E-state index contributed by atoms with van der Waals surface area (Å²) in [6, 6.07) is 9.62. The van der Waals surface area contributed by atoms with Gasteiger partial charge in [-0.15, -0.1) is 5.52 Å². The van der Waals surface area contributed by atoms with Crippen molar-refractivity contribution in [2.45, 2.75) is 51.4 Å². The van der Waals surface area contributed by atoms with Crippen LogP contribution in [0.4, 0.5) is 0 Å². The number of halogens is 1. The maximum atomic E-state index is 14.0. The van der Waals surface area contributed by atoms with Gasteiger partial charge in [0.25, 0.3) is 0 Å². The number of amides is 1. The fourth-order valence-corrected chi connectivity index (χ4v) is 5.24. The zero-order valence-corrected chi connectivity index (χ0v) is 26.8. The van der Waals surface area contributed by atoms with Crippen molar-refractivity contribution in [3.05, 3.63) is 64.8 Å². The summed E-state index contributed by atoms with van der Waals surface area (Å²) >= 11 is 4.01. The molecule has 1 aliphatic heterocycles. The third-order valence-corrected chi connectivity index (χ3v) is 7.12. The number of carbonyl (C=O) groups excluding carboxylic acids is 3. The van der Waals surface area contributed by atoms with E-state index in [9.17, 15) is 14.4 Å². The van der Waals surface area contributed by atoms with E-state index in [4.69, 9.17) is 9.47 Å². The second-order valence-electron chi connectivity index (χ2n) is 9.39. The first kappa shape index (κ1) is 30.3. The number of methoxy groups -OCH3 is 2. The summed E-state index contributed by atoms with van der Waals surface area (Å²) in [5.74, 6) is 0.142. The van der Waals surface area contributed by atoms with Gasteiger partial charge in [0.15, 0.2) is 0 Å². The number of likely N-dealkylation sites (N-methyl/N-ethyl adjacent to an activating group) is 1. The number of fused-ring (bicyclic) bond motifs is 1. The van der Waals surface area contributed by atoms with Crippen molar-refractivity contribution in [3.63, 3.8) is 0 Å². The van der Waals surface area contributed by atoms with Crippen LogP contribution in [0.25, 0.3) is 10.9 Å². The first-order valence-electron chi connectivity index (χ1n) is 12.2. The third kappa shape index (κ3) is 6.13. The molecular weight excluding hydrogens is 775 g/mol. The fourth-order valence-electron chi connectivity index (χ4n) is 5.24. The Kier molecular flexibility index (Phi) is 10.9. The Balaban J connectivity index is 0.00000195. The number of hydrogen-bond acceptors (Lipinski definition) is 6. The van der Waals surface area contributed by atoms with Crippen molar-refractivity contribution in [1.29, 1.82) is 0 Å². The molecule has 3 atom stereocenters. The van der Waals surface area contributed by atoms with Crippen molar-refractivity contribution >= 4 is 48.7 Å². The SMILES string of the molecule is COC(=O)c1ccc(C(C(=O)N2C(C=O)CC[C@H]2C)N(C)Cc2c(OC)cc(C)c3[n-]ccc23)cc1.[I][Os]. The molecule has 38 heavy (non-hydrogen) atoms. The van der Waals surface area contributed by atoms with E-state index in [-0.39, 0.29) is 11.9 Å². The van der Waals surface area contributed by atoms with Crippen LogP contribution in [0.2, 0.25) is 0 Å². The van der Waals surface area contributed by atoms with E-state index in [0.29, 0.717) is 18.5 Å². The molecule has 1 saturated heterocycles. The van der Waals surface area contributed by atoms with Crippen molar-refractivity contribution in [2.75, 3.05) is 21.3 Å². The molecule has 1 aromatic heterocycles. The van der Waals surface area contributed by atoms with Crippen LogP contribution < -0.4 is 9.72 Å². The fraction of sp³-hybridized carbons (Fsp3) is 0.393. The maximum absolute atomic E-state index is 14.0. The molecule has 4 rings (SSSR count). The molecule has 1 fully saturated rings. The molecule has 0 radical (unpaired) electrons. The predicted octanol–water partition coefficient (Wildman–Crippen LogP) is 4.54. The molecule has 1 aliphatic rings. The minimum atomic E-state index is -0.677.